The molecule has 0 atom stereocenters. The smallest absolute Gasteiger partial charge is 0.161 e. The summed E-state index contributed by atoms with van der Waals surface area (Å²) in [6.07, 6.45) is 2.33. The van der Waals surface area contributed by atoms with E-state index in [9.17, 15) is 0 Å². The molecular formula is C15H23NO2. The van der Waals surface area contributed by atoms with Gasteiger partial charge in [-0.1, -0.05) is 19.1 Å². The largest absolute Gasteiger partial charge is 0.490 e. The standard InChI is InChI=1S/C15H23NO2/c1-3-15(11-16-12-15)9-10-18-14-8-6-5-7-13(14)17-4-2/h5-8,16H,3-4,9-12H2,1-2H3. The lowest BCUT2D eigenvalue weighted by atomic mass is 9.76. The third-order valence-corrected chi connectivity index (χ3v) is 3.79. The van der Waals surface area contributed by atoms with Crippen molar-refractivity contribution in [2.24, 2.45) is 5.41 Å². The molecule has 1 fully saturated rings. The van der Waals surface area contributed by atoms with E-state index < -0.39 is 0 Å². The van der Waals surface area contributed by atoms with Crippen LogP contribution < -0.4 is 14.8 Å². The molecule has 0 amide bonds. The molecule has 1 saturated heterocycles. The molecule has 3 heteroatoms. The van der Waals surface area contributed by atoms with Gasteiger partial charge in [-0.3, -0.25) is 0 Å². The zero-order valence-corrected chi connectivity index (χ0v) is 11.4. The van der Waals surface area contributed by atoms with E-state index in [4.69, 9.17) is 9.47 Å². The van der Waals surface area contributed by atoms with Crippen molar-refractivity contribution in [3.8, 4) is 11.5 Å². The van der Waals surface area contributed by atoms with Crippen LogP contribution >= 0.6 is 0 Å². The molecule has 18 heavy (non-hydrogen) atoms. The number of hydrogen-bond donors (Lipinski definition) is 1. The van der Waals surface area contributed by atoms with Crippen LogP contribution in [0.3, 0.4) is 0 Å². The fraction of sp³-hybridized carbons (Fsp3) is 0.600. The highest BCUT2D eigenvalue weighted by molar-refractivity contribution is 5.39. The van der Waals surface area contributed by atoms with Gasteiger partial charge in [0.2, 0.25) is 0 Å². The molecule has 100 valence electrons. The van der Waals surface area contributed by atoms with E-state index in [1.54, 1.807) is 0 Å². The number of rotatable bonds is 7. The van der Waals surface area contributed by atoms with Gasteiger partial charge in [-0.15, -0.1) is 0 Å². The predicted molar refractivity (Wildman–Crippen MR) is 73.3 cm³/mol. The Labute approximate surface area is 109 Å². The number of benzene rings is 1. The van der Waals surface area contributed by atoms with Crippen molar-refractivity contribution in [3.05, 3.63) is 24.3 Å². The Kier molecular flexibility index (Phi) is 4.48. The lowest BCUT2D eigenvalue weighted by molar-refractivity contribution is 0.114. The van der Waals surface area contributed by atoms with E-state index in [1.807, 2.05) is 31.2 Å². The van der Waals surface area contributed by atoms with Crippen LogP contribution in [0.15, 0.2) is 24.3 Å². The lowest BCUT2D eigenvalue weighted by Crippen LogP contribution is -2.53. The summed E-state index contributed by atoms with van der Waals surface area (Å²) < 4.78 is 11.4. The molecule has 0 bridgehead atoms. The van der Waals surface area contributed by atoms with E-state index in [2.05, 4.69) is 12.2 Å². The van der Waals surface area contributed by atoms with Crippen molar-refractivity contribution in [2.75, 3.05) is 26.3 Å². The molecule has 0 spiro atoms. The summed E-state index contributed by atoms with van der Waals surface area (Å²) in [5.41, 5.74) is 0.459. The third-order valence-electron chi connectivity index (χ3n) is 3.79. The van der Waals surface area contributed by atoms with Crippen LogP contribution in [-0.4, -0.2) is 26.3 Å². The summed E-state index contributed by atoms with van der Waals surface area (Å²) in [4.78, 5) is 0. The van der Waals surface area contributed by atoms with E-state index in [1.165, 1.54) is 6.42 Å². The number of nitrogens with one attached hydrogen (secondary N) is 1. The molecular weight excluding hydrogens is 226 g/mol. The molecule has 1 aromatic carbocycles. The van der Waals surface area contributed by atoms with Gasteiger partial charge in [0.15, 0.2) is 11.5 Å². The normalized spacial score (nSPS) is 17.0. The summed E-state index contributed by atoms with van der Waals surface area (Å²) in [7, 11) is 0. The summed E-state index contributed by atoms with van der Waals surface area (Å²) in [5.74, 6) is 1.70. The molecule has 1 aliphatic heterocycles. The van der Waals surface area contributed by atoms with Gasteiger partial charge in [0.1, 0.15) is 0 Å². The summed E-state index contributed by atoms with van der Waals surface area (Å²) in [5, 5.41) is 3.35. The van der Waals surface area contributed by atoms with Crippen molar-refractivity contribution < 1.29 is 9.47 Å². The minimum atomic E-state index is 0.459. The molecule has 2 rings (SSSR count). The monoisotopic (exact) mass is 249 g/mol. The second-order valence-electron chi connectivity index (χ2n) is 4.94. The Bertz CT molecular complexity index is 369. The first-order chi connectivity index (χ1) is 8.79. The molecule has 1 N–H and O–H groups in total. The fourth-order valence-electron chi connectivity index (χ4n) is 2.30. The highest BCUT2D eigenvalue weighted by atomic mass is 16.5. The molecule has 1 heterocycles. The van der Waals surface area contributed by atoms with Gasteiger partial charge in [-0.25, -0.2) is 0 Å². The topological polar surface area (TPSA) is 30.5 Å². The Morgan fingerprint density at radius 3 is 2.28 bits per heavy atom. The summed E-state index contributed by atoms with van der Waals surface area (Å²) >= 11 is 0. The van der Waals surface area contributed by atoms with Crippen molar-refractivity contribution in [1.29, 1.82) is 0 Å². The highest BCUT2D eigenvalue weighted by Crippen LogP contribution is 2.32. The molecule has 0 aromatic heterocycles. The van der Waals surface area contributed by atoms with Crippen LogP contribution in [-0.2, 0) is 0 Å². The maximum absolute atomic E-state index is 5.87. The quantitative estimate of drug-likeness (QED) is 0.806. The van der Waals surface area contributed by atoms with Crippen LogP contribution in [0.4, 0.5) is 0 Å². The molecule has 0 radical (unpaired) electrons. The second-order valence-corrected chi connectivity index (χ2v) is 4.94. The second kappa shape index (κ2) is 6.10. The fourth-order valence-corrected chi connectivity index (χ4v) is 2.30. The minimum absolute atomic E-state index is 0.459. The van der Waals surface area contributed by atoms with Crippen molar-refractivity contribution >= 4 is 0 Å². The van der Waals surface area contributed by atoms with Crippen molar-refractivity contribution in [2.45, 2.75) is 26.7 Å². The van der Waals surface area contributed by atoms with E-state index >= 15 is 0 Å². The van der Waals surface area contributed by atoms with Crippen LogP contribution in [0.1, 0.15) is 26.7 Å². The number of hydrogen-bond acceptors (Lipinski definition) is 3. The van der Waals surface area contributed by atoms with E-state index in [-0.39, 0.29) is 0 Å². The minimum Gasteiger partial charge on any atom is -0.490 e. The Morgan fingerprint density at radius 2 is 1.78 bits per heavy atom. The molecule has 0 saturated carbocycles. The van der Waals surface area contributed by atoms with Crippen molar-refractivity contribution in [1.82, 2.24) is 5.32 Å². The van der Waals surface area contributed by atoms with Crippen LogP contribution in [0.2, 0.25) is 0 Å². The van der Waals surface area contributed by atoms with Gasteiger partial charge in [0.05, 0.1) is 13.2 Å². The zero-order valence-electron chi connectivity index (χ0n) is 11.4. The van der Waals surface area contributed by atoms with Crippen molar-refractivity contribution in [3.63, 3.8) is 0 Å². The van der Waals surface area contributed by atoms with Crippen LogP contribution in [0.5, 0.6) is 11.5 Å². The molecule has 3 nitrogen and oxygen atoms in total. The zero-order chi connectivity index (χ0) is 12.8. The van der Waals surface area contributed by atoms with E-state index in [0.29, 0.717) is 12.0 Å². The Hall–Kier alpha value is -1.22. The van der Waals surface area contributed by atoms with E-state index in [0.717, 1.165) is 37.6 Å². The highest BCUT2D eigenvalue weighted by Gasteiger charge is 2.34. The van der Waals surface area contributed by atoms with Gasteiger partial charge in [0.25, 0.3) is 0 Å². The number of ether oxygens (including phenoxy) is 2. The average Bonchev–Trinajstić information content (AvgIpc) is 2.35. The van der Waals surface area contributed by atoms with Gasteiger partial charge < -0.3 is 14.8 Å². The lowest BCUT2D eigenvalue weighted by Gasteiger charge is -2.42. The molecule has 1 aromatic rings. The predicted octanol–water partition coefficient (Wildman–Crippen LogP) is 2.85. The maximum atomic E-state index is 5.87. The molecule has 0 aliphatic carbocycles. The van der Waals surface area contributed by atoms with Gasteiger partial charge >= 0.3 is 0 Å². The van der Waals surface area contributed by atoms with Gasteiger partial charge in [0, 0.05) is 13.1 Å². The van der Waals surface area contributed by atoms with Crippen LogP contribution in [0, 0.1) is 5.41 Å². The van der Waals surface area contributed by atoms with Gasteiger partial charge in [-0.05, 0) is 37.3 Å². The summed E-state index contributed by atoms with van der Waals surface area (Å²) in [6.45, 7) is 7.93. The Morgan fingerprint density at radius 1 is 1.11 bits per heavy atom. The Balaban J connectivity index is 1.86. The number of para-hydroxylation sites is 2. The first-order valence-corrected chi connectivity index (χ1v) is 6.85. The summed E-state index contributed by atoms with van der Waals surface area (Å²) in [6, 6.07) is 7.89. The average molecular weight is 249 g/mol. The SMILES string of the molecule is CCOc1ccccc1OCCC1(CC)CNC1. The van der Waals surface area contributed by atoms with Crippen LogP contribution in [0.25, 0.3) is 0 Å². The first kappa shape index (κ1) is 13.2. The molecule has 1 aliphatic rings. The molecule has 0 unspecified atom stereocenters. The van der Waals surface area contributed by atoms with Gasteiger partial charge in [-0.2, -0.15) is 0 Å². The first-order valence-electron chi connectivity index (χ1n) is 6.85. The third kappa shape index (κ3) is 2.96. The maximum Gasteiger partial charge on any atom is 0.161 e.